The van der Waals surface area contributed by atoms with Crippen molar-refractivity contribution in [2.24, 2.45) is 4.99 Å². The first kappa shape index (κ1) is 36.4. The average Bonchev–Trinajstić information content (AvgIpc) is 3.16. The standard InChI is InChI=1S/C42H39N3O5S/c1-4-7-23-34(5-2)45-41(48)35(26-31-24-25-36(37(27-31)49-6-3)50-28-30-17-11-8-12-18-30)40(47)44-42(45)51-29-38(46)43-39(32-19-13-9-14-20-32)33-21-15-10-16-22-33/h4-5,7-27,39H,1,6,28-29H2,2-3H3,(H,43,46)/b23-7-,34-5+,35-26+. The van der Waals surface area contributed by atoms with Crippen LogP contribution in [0.15, 0.2) is 156 Å². The van der Waals surface area contributed by atoms with Crippen LogP contribution in [0.2, 0.25) is 0 Å². The first-order valence-corrected chi connectivity index (χ1v) is 17.5. The van der Waals surface area contributed by atoms with Crippen LogP contribution >= 0.6 is 11.8 Å². The molecule has 0 bridgehead atoms. The Morgan fingerprint density at radius 2 is 1.55 bits per heavy atom. The molecular weight excluding hydrogens is 659 g/mol. The Balaban J connectivity index is 1.40. The molecule has 0 aliphatic carbocycles. The number of allylic oxidation sites excluding steroid dienone is 4. The summed E-state index contributed by atoms with van der Waals surface area (Å²) in [6.45, 7) is 8.12. The van der Waals surface area contributed by atoms with E-state index in [1.807, 2.05) is 97.9 Å². The van der Waals surface area contributed by atoms with Gasteiger partial charge in [0.05, 0.1) is 18.4 Å². The summed E-state index contributed by atoms with van der Waals surface area (Å²) in [6, 6.07) is 34.0. The minimum absolute atomic E-state index is 0.0879. The van der Waals surface area contributed by atoms with Gasteiger partial charge in [-0.05, 0) is 60.4 Å². The van der Waals surface area contributed by atoms with Gasteiger partial charge in [0.2, 0.25) is 5.91 Å². The second kappa shape index (κ2) is 18.2. The molecule has 5 rings (SSSR count). The molecule has 258 valence electrons. The Morgan fingerprint density at radius 1 is 0.902 bits per heavy atom. The monoisotopic (exact) mass is 697 g/mol. The number of benzene rings is 4. The van der Waals surface area contributed by atoms with E-state index in [2.05, 4.69) is 16.9 Å². The largest absolute Gasteiger partial charge is 0.490 e. The number of carbonyl (C=O) groups is 3. The number of hydrogen-bond donors (Lipinski definition) is 1. The highest BCUT2D eigenvalue weighted by atomic mass is 32.2. The maximum atomic E-state index is 14.1. The van der Waals surface area contributed by atoms with E-state index in [9.17, 15) is 14.4 Å². The van der Waals surface area contributed by atoms with Gasteiger partial charge in [-0.25, -0.2) is 0 Å². The van der Waals surface area contributed by atoms with Gasteiger partial charge in [0.15, 0.2) is 16.7 Å². The fraction of sp³-hybridized carbons (Fsp3) is 0.143. The fourth-order valence-electron chi connectivity index (χ4n) is 5.30. The number of thioether (sulfide) groups is 1. The molecule has 0 radical (unpaired) electrons. The van der Waals surface area contributed by atoms with E-state index in [0.717, 1.165) is 28.5 Å². The molecule has 0 aromatic heterocycles. The number of ether oxygens (including phenoxy) is 2. The van der Waals surface area contributed by atoms with E-state index in [4.69, 9.17) is 9.47 Å². The third kappa shape index (κ3) is 9.61. The van der Waals surface area contributed by atoms with Gasteiger partial charge < -0.3 is 14.8 Å². The van der Waals surface area contributed by atoms with Crippen molar-refractivity contribution in [3.05, 3.63) is 174 Å². The molecule has 9 heteroatoms. The molecule has 8 nitrogen and oxygen atoms in total. The molecule has 1 aliphatic heterocycles. The summed E-state index contributed by atoms with van der Waals surface area (Å²) >= 11 is 1.01. The lowest BCUT2D eigenvalue weighted by Crippen LogP contribution is -2.42. The molecule has 51 heavy (non-hydrogen) atoms. The summed E-state index contributed by atoms with van der Waals surface area (Å²) in [5.74, 6) is -0.648. The summed E-state index contributed by atoms with van der Waals surface area (Å²) in [4.78, 5) is 46.7. The van der Waals surface area contributed by atoms with Gasteiger partial charge in [0.25, 0.3) is 11.8 Å². The van der Waals surface area contributed by atoms with E-state index < -0.39 is 11.8 Å². The highest BCUT2D eigenvalue weighted by molar-refractivity contribution is 8.14. The fourth-order valence-corrected chi connectivity index (χ4v) is 6.11. The zero-order valence-corrected chi connectivity index (χ0v) is 29.3. The molecule has 0 unspecified atom stereocenters. The molecule has 3 amide bonds. The molecule has 1 heterocycles. The second-order valence-corrected chi connectivity index (χ2v) is 12.2. The van der Waals surface area contributed by atoms with Crippen LogP contribution in [0.1, 0.15) is 42.1 Å². The zero-order valence-electron chi connectivity index (χ0n) is 28.5. The number of hydrogen-bond acceptors (Lipinski definition) is 6. The molecule has 4 aromatic rings. The van der Waals surface area contributed by atoms with E-state index in [-0.39, 0.29) is 28.4 Å². The van der Waals surface area contributed by atoms with E-state index in [0.29, 0.717) is 36.0 Å². The molecule has 0 saturated heterocycles. The molecule has 0 atom stereocenters. The highest BCUT2D eigenvalue weighted by Crippen LogP contribution is 2.32. The van der Waals surface area contributed by atoms with Crippen molar-refractivity contribution in [2.75, 3.05) is 12.4 Å². The summed E-state index contributed by atoms with van der Waals surface area (Å²) in [7, 11) is 0. The van der Waals surface area contributed by atoms with Gasteiger partial charge in [-0.15, -0.1) is 0 Å². The normalized spacial score (nSPS) is 14.2. The van der Waals surface area contributed by atoms with E-state index in [1.165, 1.54) is 11.0 Å². The van der Waals surface area contributed by atoms with Crippen molar-refractivity contribution in [3.8, 4) is 11.5 Å². The van der Waals surface area contributed by atoms with Crippen molar-refractivity contribution in [2.45, 2.75) is 26.5 Å². The third-order valence-electron chi connectivity index (χ3n) is 7.73. The number of amides is 3. The predicted octanol–water partition coefficient (Wildman–Crippen LogP) is 8.06. The molecule has 0 saturated carbocycles. The van der Waals surface area contributed by atoms with E-state index >= 15 is 0 Å². The summed E-state index contributed by atoms with van der Waals surface area (Å²) in [5.41, 5.74) is 3.75. The van der Waals surface area contributed by atoms with Gasteiger partial charge in [-0.3, -0.25) is 19.3 Å². The minimum Gasteiger partial charge on any atom is -0.490 e. The SMILES string of the molecule is C=C/C=C\C(=C/C)N1C(=O)/C(=C/c2ccc(OCc3ccccc3)c(OCC)c2)C(=O)N=C1SCC(=O)NC(c1ccccc1)c1ccccc1. The van der Waals surface area contributed by atoms with E-state index in [1.54, 1.807) is 49.4 Å². The Labute approximate surface area is 302 Å². The topological polar surface area (TPSA) is 97.3 Å². The molecule has 0 spiro atoms. The summed E-state index contributed by atoms with van der Waals surface area (Å²) in [5, 5.41) is 3.20. The average molecular weight is 698 g/mol. The van der Waals surface area contributed by atoms with Crippen LogP contribution in [-0.4, -0.2) is 40.1 Å². The number of amidine groups is 1. The van der Waals surface area contributed by atoms with Crippen molar-refractivity contribution < 1.29 is 23.9 Å². The van der Waals surface area contributed by atoms with Gasteiger partial charge in [0.1, 0.15) is 12.2 Å². The number of nitrogens with zero attached hydrogens (tertiary/aromatic N) is 2. The minimum atomic E-state index is -0.712. The number of rotatable bonds is 14. The zero-order chi connectivity index (χ0) is 36.0. The van der Waals surface area contributed by atoms with Crippen LogP contribution in [0, 0.1) is 0 Å². The first-order chi connectivity index (χ1) is 24.9. The van der Waals surface area contributed by atoms with Crippen LogP contribution in [0.25, 0.3) is 6.08 Å². The van der Waals surface area contributed by atoms with Crippen molar-refractivity contribution in [1.29, 1.82) is 0 Å². The van der Waals surface area contributed by atoms with Crippen molar-refractivity contribution in [3.63, 3.8) is 0 Å². The van der Waals surface area contributed by atoms with Crippen LogP contribution < -0.4 is 14.8 Å². The van der Waals surface area contributed by atoms with Crippen molar-refractivity contribution in [1.82, 2.24) is 10.2 Å². The Kier molecular flexibility index (Phi) is 13.0. The predicted molar refractivity (Wildman–Crippen MR) is 204 cm³/mol. The third-order valence-corrected chi connectivity index (χ3v) is 8.67. The summed E-state index contributed by atoms with van der Waals surface area (Å²) < 4.78 is 11.9. The molecule has 1 N–H and O–H groups in total. The molecule has 0 fully saturated rings. The van der Waals surface area contributed by atoms with Crippen LogP contribution in [0.5, 0.6) is 11.5 Å². The maximum absolute atomic E-state index is 14.1. The van der Waals surface area contributed by atoms with Gasteiger partial charge in [-0.2, -0.15) is 4.99 Å². The molecular formula is C42H39N3O5S. The van der Waals surface area contributed by atoms with Gasteiger partial charge >= 0.3 is 0 Å². The summed E-state index contributed by atoms with van der Waals surface area (Å²) in [6.07, 6.45) is 8.19. The van der Waals surface area contributed by atoms with Gasteiger partial charge in [-0.1, -0.05) is 134 Å². The van der Waals surface area contributed by atoms with Crippen LogP contribution in [0.4, 0.5) is 0 Å². The lowest BCUT2D eigenvalue weighted by Gasteiger charge is -2.28. The van der Waals surface area contributed by atoms with Gasteiger partial charge in [0, 0.05) is 5.70 Å². The Morgan fingerprint density at radius 3 is 2.16 bits per heavy atom. The number of nitrogens with one attached hydrogen (secondary N) is 1. The smallest absolute Gasteiger partial charge is 0.285 e. The Hall–Kier alpha value is -5.93. The second-order valence-electron chi connectivity index (χ2n) is 11.2. The molecule has 4 aromatic carbocycles. The van der Waals surface area contributed by atoms with Crippen molar-refractivity contribution >= 4 is 40.7 Å². The maximum Gasteiger partial charge on any atom is 0.285 e. The van der Waals surface area contributed by atoms with Crippen LogP contribution in [-0.2, 0) is 21.0 Å². The Bertz CT molecular complexity index is 1930. The molecule has 1 aliphatic rings. The first-order valence-electron chi connectivity index (χ1n) is 16.5. The number of carbonyl (C=O) groups excluding carboxylic acids is 3. The number of aliphatic imine (C=N–C) groups is 1. The lowest BCUT2D eigenvalue weighted by molar-refractivity contribution is -0.126. The quantitative estimate of drug-likeness (QED) is 0.0814. The van der Waals surface area contributed by atoms with Crippen LogP contribution in [0.3, 0.4) is 0 Å². The lowest BCUT2D eigenvalue weighted by atomic mass is 9.99. The highest BCUT2D eigenvalue weighted by Gasteiger charge is 2.35.